The second-order valence-electron chi connectivity index (χ2n) is 10.5. The van der Waals surface area contributed by atoms with Crippen molar-refractivity contribution < 1.29 is 9.53 Å². The van der Waals surface area contributed by atoms with Crippen molar-refractivity contribution in [2.24, 2.45) is 0 Å². The molecule has 0 aliphatic heterocycles. The molecule has 4 aromatic rings. The lowest BCUT2D eigenvalue weighted by atomic mass is 9.84. The van der Waals surface area contributed by atoms with Crippen LogP contribution in [0.1, 0.15) is 68.6 Å². The number of hydrogen-bond donors (Lipinski definition) is 1. The van der Waals surface area contributed by atoms with Crippen LogP contribution in [-0.4, -0.2) is 40.6 Å². The van der Waals surface area contributed by atoms with Crippen molar-refractivity contribution in [1.29, 1.82) is 0 Å². The van der Waals surface area contributed by atoms with E-state index in [1.165, 1.54) is 43.4 Å². The smallest absolute Gasteiger partial charge is 0.262 e. The summed E-state index contributed by atoms with van der Waals surface area (Å²) in [5, 5.41) is 12.4. The molecule has 1 amide bonds. The van der Waals surface area contributed by atoms with E-state index >= 15 is 0 Å². The lowest BCUT2D eigenvalue weighted by molar-refractivity contribution is -0.118. The van der Waals surface area contributed by atoms with E-state index in [0.717, 1.165) is 40.9 Å². The van der Waals surface area contributed by atoms with Gasteiger partial charge in [0.15, 0.2) is 6.61 Å². The van der Waals surface area contributed by atoms with Crippen molar-refractivity contribution >= 4 is 28.3 Å². The zero-order valence-corrected chi connectivity index (χ0v) is 23.5. The molecule has 39 heavy (non-hydrogen) atoms. The molecule has 1 N–H and O–H groups in total. The molecule has 0 saturated heterocycles. The number of aryl methyl sites for hydroxylation is 2. The Morgan fingerprint density at radius 3 is 2.28 bits per heavy atom. The molecule has 1 fully saturated rings. The molecule has 0 bridgehead atoms. The van der Waals surface area contributed by atoms with Gasteiger partial charge in [0.05, 0.1) is 5.69 Å². The normalized spacial score (nSPS) is 13.9. The summed E-state index contributed by atoms with van der Waals surface area (Å²) < 4.78 is 5.78. The Kier molecular flexibility index (Phi) is 8.15. The summed E-state index contributed by atoms with van der Waals surface area (Å²) in [6, 6.07) is 18.4. The van der Waals surface area contributed by atoms with Crippen LogP contribution in [-0.2, 0) is 4.79 Å². The van der Waals surface area contributed by atoms with Gasteiger partial charge in [-0.15, -0.1) is 10.2 Å². The number of nitrogens with zero attached hydrogens (tertiary/aromatic N) is 4. The molecule has 1 aliphatic rings. The number of fused-ring (bicyclic) bond motifs is 1. The fourth-order valence-electron chi connectivity index (χ4n) is 5.57. The Balaban J connectivity index is 1.24. The van der Waals surface area contributed by atoms with Crippen molar-refractivity contribution in [3.05, 3.63) is 71.3 Å². The van der Waals surface area contributed by atoms with Crippen LogP contribution in [0.3, 0.4) is 0 Å². The van der Waals surface area contributed by atoms with E-state index in [9.17, 15) is 4.79 Å². The summed E-state index contributed by atoms with van der Waals surface area (Å²) in [7, 11) is 0. The number of rotatable bonds is 9. The number of ether oxygens (including phenoxy) is 1. The molecule has 1 saturated carbocycles. The number of carbonyl (C=O) groups excluding carboxylic acids is 1. The molecule has 1 heterocycles. The molecule has 0 radical (unpaired) electrons. The summed E-state index contributed by atoms with van der Waals surface area (Å²) in [6.07, 6.45) is 6.51. The number of carbonyl (C=O) groups is 1. The first-order valence-electron chi connectivity index (χ1n) is 14.2. The predicted octanol–water partition coefficient (Wildman–Crippen LogP) is 6.95. The SMILES string of the molecule is CCN(CC)c1ccc(-n2nc3cc(C)c(NC(=O)COc4ccc(C5CCCCC5)cc4)cc3n2)c(C)c1. The minimum Gasteiger partial charge on any atom is -0.484 e. The van der Waals surface area contributed by atoms with Gasteiger partial charge >= 0.3 is 0 Å². The zero-order valence-electron chi connectivity index (χ0n) is 23.5. The van der Waals surface area contributed by atoms with Crippen LogP contribution in [0.5, 0.6) is 5.75 Å². The fourth-order valence-corrected chi connectivity index (χ4v) is 5.57. The van der Waals surface area contributed by atoms with Crippen LogP contribution in [0.4, 0.5) is 11.4 Å². The summed E-state index contributed by atoms with van der Waals surface area (Å²) in [6.45, 7) is 10.2. The molecule has 0 unspecified atom stereocenters. The standard InChI is InChI=1S/C32H39N5O2/c1-5-36(6-2)26-14-17-31(23(4)18-26)37-34-29-19-22(3)28(20-30(29)35-37)33-32(38)21-39-27-15-12-25(13-16-27)24-10-8-7-9-11-24/h12-20,24H,5-11,21H2,1-4H3,(H,33,38). The van der Waals surface area contributed by atoms with Gasteiger partial charge in [0.1, 0.15) is 16.8 Å². The van der Waals surface area contributed by atoms with Crippen LogP contribution in [0.25, 0.3) is 16.7 Å². The number of aromatic nitrogens is 3. The average Bonchev–Trinajstić information content (AvgIpc) is 3.36. The molecular weight excluding hydrogens is 486 g/mol. The number of anilines is 2. The lowest BCUT2D eigenvalue weighted by Crippen LogP contribution is -2.21. The highest BCUT2D eigenvalue weighted by atomic mass is 16.5. The van der Waals surface area contributed by atoms with Gasteiger partial charge in [-0.25, -0.2) is 0 Å². The molecule has 1 aliphatic carbocycles. The quantitative estimate of drug-likeness (QED) is 0.256. The topological polar surface area (TPSA) is 72.3 Å². The van der Waals surface area contributed by atoms with Gasteiger partial charge in [0.25, 0.3) is 5.91 Å². The third-order valence-electron chi connectivity index (χ3n) is 7.85. The fraction of sp³-hybridized carbons (Fsp3) is 0.406. The van der Waals surface area contributed by atoms with Crippen LogP contribution in [0.15, 0.2) is 54.6 Å². The van der Waals surface area contributed by atoms with Crippen molar-refractivity contribution in [3.63, 3.8) is 0 Å². The van der Waals surface area contributed by atoms with E-state index < -0.39 is 0 Å². The Labute approximate surface area is 231 Å². The van der Waals surface area contributed by atoms with Crippen molar-refractivity contribution in [3.8, 4) is 11.4 Å². The van der Waals surface area contributed by atoms with Crippen LogP contribution < -0.4 is 15.0 Å². The van der Waals surface area contributed by atoms with Gasteiger partial charge in [-0.1, -0.05) is 31.4 Å². The van der Waals surface area contributed by atoms with E-state index in [1.54, 1.807) is 4.80 Å². The number of hydrogen-bond acceptors (Lipinski definition) is 5. The summed E-state index contributed by atoms with van der Waals surface area (Å²) in [5.74, 6) is 1.16. The predicted molar refractivity (Wildman–Crippen MR) is 158 cm³/mol. The van der Waals surface area contributed by atoms with Crippen molar-refractivity contribution in [2.75, 3.05) is 29.9 Å². The van der Waals surface area contributed by atoms with Gasteiger partial charge in [-0.3, -0.25) is 4.79 Å². The number of amides is 1. The number of nitrogens with one attached hydrogen (secondary N) is 1. The Morgan fingerprint density at radius 1 is 0.923 bits per heavy atom. The van der Waals surface area contributed by atoms with E-state index in [2.05, 4.69) is 61.3 Å². The maximum atomic E-state index is 12.7. The van der Waals surface area contributed by atoms with Crippen molar-refractivity contribution in [2.45, 2.75) is 65.7 Å². The maximum absolute atomic E-state index is 12.7. The van der Waals surface area contributed by atoms with E-state index in [0.29, 0.717) is 17.4 Å². The van der Waals surface area contributed by atoms with Gasteiger partial charge in [-0.2, -0.15) is 4.80 Å². The second kappa shape index (κ2) is 11.9. The highest BCUT2D eigenvalue weighted by Crippen LogP contribution is 2.33. The lowest BCUT2D eigenvalue weighted by Gasteiger charge is -2.22. The van der Waals surface area contributed by atoms with Gasteiger partial charge < -0.3 is 15.0 Å². The Bertz CT molecular complexity index is 1430. The largest absolute Gasteiger partial charge is 0.484 e. The first-order valence-corrected chi connectivity index (χ1v) is 14.2. The highest BCUT2D eigenvalue weighted by Gasteiger charge is 2.16. The van der Waals surface area contributed by atoms with E-state index in [1.807, 2.05) is 31.2 Å². The maximum Gasteiger partial charge on any atom is 0.262 e. The minimum absolute atomic E-state index is 0.0506. The average molecular weight is 526 g/mol. The van der Waals surface area contributed by atoms with Crippen LogP contribution in [0, 0.1) is 13.8 Å². The zero-order chi connectivity index (χ0) is 27.4. The molecular formula is C32H39N5O2. The molecule has 7 heteroatoms. The first kappa shape index (κ1) is 26.7. The van der Waals surface area contributed by atoms with E-state index in [-0.39, 0.29) is 12.5 Å². The molecule has 0 atom stereocenters. The minimum atomic E-state index is -0.205. The molecule has 204 valence electrons. The van der Waals surface area contributed by atoms with Gasteiger partial charge in [0, 0.05) is 24.5 Å². The second-order valence-corrected chi connectivity index (χ2v) is 10.5. The van der Waals surface area contributed by atoms with Crippen LogP contribution in [0.2, 0.25) is 0 Å². The van der Waals surface area contributed by atoms with Crippen LogP contribution >= 0.6 is 0 Å². The molecule has 3 aromatic carbocycles. The molecule has 0 spiro atoms. The van der Waals surface area contributed by atoms with E-state index in [4.69, 9.17) is 14.9 Å². The third kappa shape index (κ3) is 6.08. The Hall–Kier alpha value is -3.87. The first-order chi connectivity index (χ1) is 18.9. The molecule has 5 rings (SSSR count). The van der Waals surface area contributed by atoms with Gasteiger partial charge in [-0.05, 0) is 106 Å². The Morgan fingerprint density at radius 2 is 1.62 bits per heavy atom. The van der Waals surface area contributed by atoms with Gasteiger partial charge in [0.2, 0.25) is 0 Å². The molecule has 7 nitrogen and oxygen atoms in total. The summed E-state index contributed by atoms with van der Waals surface area (Å²) >= 11 is 0. The molecule has 1 aromatic heterocycles. The number of benzene rings is 3. The highest BCUT2D eigenvalue weighted by molar-refractivity contribution is 5.95. The monoisotopic (exact) mass is 525 g/mol. The third-order valence-corrected chi connectivity index (χ3v) is 7.85. The summed E-state index contributed by atoms with van der Waals surface area (Å²) in [4.78, 5) is 16.7. The summed E-state index contributed by atoms with van der Waals surface area (Å²) in [5.41, 5.74) is 7.76. The van der Waals surface area contributed by atoms with Crippen molar-refractivity contribution in [1.82, 2.24) is 15.0 Å².